The SMILES string of the molecule is Cc1noc(NC(=O)c2cc3cc(N)ccc3o2)n1. The van der Waals surface area contributed by atoms with Gasteiger partial charge >= 0.3 is 6.01 Å². The summed E-state index contributed by atoms with van der Waals surface area (Å²) >= 11 is 0. The van der Waals surface area contributed by atoms with Gasteiger partial charge in [0.05, 0.1) is 0 Å². The molecule has 0 fully saturated rings. The van der Waals surface area contributed by atoms with Crippen LogP contribution in [-0.4, -0.2) is 16.0 Å². The summed E-state index contributed by atoms with van der Waals surface area (Å²) in [4.78, 5) is 15.8. The Kier molecular flexibility index (Phi) is 2.45. The molecular weight excluding hydrogens is 248 g/mol. The Morgan fingerprint density at radius 1 is 1.37 bits per heavy atom. The maximum absolute atomic E-state index is 11.9. The van der Waals surface area contributed by atoms with Crippen LogP contribution in [0.5, 0.6) is 0 Å². The molecule has 0 radical (unpaired) electrons. The summed E-state index contributed by atoms with van der Waals surface area (Å²) in [5.74, 6) is 0.127. The number of carbonyl (C=O) groups is 1. The first-order valence-electron chi connectivity index (χ1n) is 5.52. The molecule has 3 aromatic rings. The third-order valence-electron chi connectivity index (χ3n) is 2.51. The van der Waals surface area contributed by atoms with Gasteiger partial charge in [-0.05, 0) is 31.2 Å². The predicted molar refractivity (Wildman–Crippen MR) is 67.6 cm³/mol. The van der Waals surface area contributed by atoms with Crippen molar-refractivity contribution in [2.45, 2.75) is 6.92 Å². The molecule has 0 bridgehead atoms. The first-order chi connectivity index (χ1) is 9.11. The van der Waals surface area contributed by atoms with Gasteiger partial charge in [-0.15, -0.1) is 0 Å². The van der Waals surface area contributed by atoms with Gasteiger partial charge in [0.25, 0.3) is 5.91 Å². The van der Waals surface area contributed by atoms with E-state index in [1.807, 2.05) is 0 Å². The van der Waals surface area contributed by atoms with Crippen LogP contribution in [0.3, 0.4) is 0 Å². The van der Waals surface area contributed by atoms with Gasteiger partial charge in [0.1, 0.15) is 5.58 Å². The fourth-order valence-corrected chi connectivity index (χ4v) is 1.68. The van der Waals surface area contributed by atoms with E-state index in [4.69, 9.17) is 14.7 Å². The van der Waals surface area contributed by atoms with E-state index >= 15 is 0 Å². The Morgan fingerprint density at radius 3 is 2.95 bits per heavy atom. The molecule has 96 valence electrons. The molecule has 2 aromatic heterocycles. The van der Waals surface area contributed by atoms with Crippen LogP contribution in [0.2, 0.25) is 0 Å². The van der Waals surface area contributed by atoms with Crippen molar-refractivity contribution >= 4 is 28.6 Å². The summed E-state index contributed by atoms with van der Waals surface area (Å²) < 4.78 is 10.2. The highest BCUT2D eigenvalue weighted by Gasteiger charge is 2.15. The number of aryl methyl sites for hydroxylation is 1. The molecule has 3 rings (SSSR count). The van der Waals surface area contributed by atoms with E-state index in [1.54, 1.807) is 31.2 Å². The molecule has 2 heterocycles. The van der Waals surface area contributed by atoms with Gasteiger partial charge in [0.2, 0.25) is 0 Å². The first-order valence-corrected chi connectivity index (χ1v) is 5.52. The molecule has 1 aromatic carbocycles. The maximum atomic E-state index is 11.9. The average Bonchev–Trinajstić information content (AvgIpc) is 2.95. The van der Waals surface area contributed by atoms with Gasteiger partial charge in [0.15, 0.2) is 11.6 Å². The lowest BCUT2D eigenvalue weighted by atomic mass is 10.2. The van der Waals surface area contributed by atoms with Gasteiger partial charge in [0, 0.05) is 11.1 Å². The van der Waals surface area contributed by atoms with Crippen LogP contribution < -0.4 is 11.1 Å². The van der Waals surface area contributed by atoms with Crippen molar-refractivity contribution in [3.05, 3.63) is 35.9 Å². The highest BCUT2D eigenvalue weighted by atomic mass is 16.5. The van der Waals surface area contributed by atoms with Crippen LogP contribution >= 0.6 is 0 Å². The molecule has 0 atom stereocenters. The monoisotopic (exact) mass is 258 g/mol. The highest BCUT2D eigenvalue weighted by molar-refractivity contribution is 6.03. The average molecular weight is 258 g/mol. The molecule has 1 amide bonds. The summed E-state index contributed by atoms with van der Waals surface area (Å²) in [5.41, 5.74) is 6.85. The molecule has 0 spiro atoms. The Morgan fingerprint density at radius 2 is 2.21 bits per heavy atom. The highest BCUT2D eigenvalue weighted by Crippen LogP contribution is 2.22. The van der Waals surface area contributed by atoms with Crippen molar-refractivity contribution in [2.75, 3.05) is 11.1 Å². The van der Waals surface area contributed by atoms with Gasteiger partial charge in [-0.1, -0.05) is 5.16 Å². The Labute approximate surface area is 107 Å². The van der Waals surface area contributed by atoms with E-state index in [-0.39, 0.29) is 11.8 Å². The Bertz CT molecular complexity index is 759. The number of fused-ring (bicyclic) bond motifs is 1. The number of nitrogens with one attached hydrogen (secondary N) is 1. The molecular formula is C12H10N4O3. The van der Waals surface area contributed by atoms with E-state index in [9.17, 15) is 4.79 Å². The molecule has 19 heavy (non-hydrogen) atoms. The molecule has 0 unspecified atom stereocenters. The Balaban J connectivity index is 1.89. The van der Waals surface area contributed by atoms with Crippen LogP contribution in [0.1, 0.15) is 16.4 Å². The normalized spacial score (nSPS) is 10.8. The lowest BCUT2D eigenvalue weighted by molar-refractivity contribution is 0.0995. The molecule has 0 saturated carbocycles. The number of furan rings is 1. The van der Waals surface area contributed by atoms with Crippen LogP contribution in [0.4, 0.5) is 11.7 Å². The van der Waals surface area contributed by atoms with Crippen molar-refractivity contribution < 1.29 is 13.7 Å². The zero-order valence-electron chi connectivity index (χ0n) is 10.0. The number of nitrogens with two attached hydrogens (primary N) is 1. The van der Waals surface area contributed by atoms with Crippen molar-refractivity contribution in [3.63, 3.8) is 0 Å². The fraction of sp³-hybridized carbons (Fsp3) is 0.0833. The quantitative estimate of drug-likeness (QED) is 0.680. The predicted octanol–water partition coefficient (Wildman–Crippen LogP) is 1.96. The van der Waals surface area contributed by atoms with Crippen LogP contribution in [0.15, 0.2) is 33.2 Å². The number of hydrogen-bond acceptors (Lipinski definition) is 6. The molecule has 0 aliphatic carbocycles. The first kappa shape index (κ1) is 11.3. The third-order valence-corrected chi connectivity index (χ3v) is 2.51. The summed E-state index contributed by atoms with van der Waals surface area (Å²) in [6.07, 6.45) is 0. The molecule has 3 N–H and O–H groups in total. The van der Waals surface area contributed by atoms with E-state index in [1.165, 1.54) is 0 Å². The zero-order valence-corrected chi connectivity index (χ0v) is 10.0. The van der Waals surface area contributed by atoms with Crippen molar-refractivity contribution in [1.29, 1.82) is 0 Å². The number of nitrogen functional groups attached to an aromatic ring is 1. The number of hydrogen-bond donors (Lipinski definition) is 2. The number of rotatable bonds is 2. The van der Waals surface area contributed by atoms with E-state index < -0.39 is 5.91 Å². The lowest BCUT2D eigenvalue weighted by Gasteiger charge is -1.94. The molecule has 0 saturated heterocycles. The third kappa shape index (κ3) is 2.13. The topological polar surface area (TPSA) is 107 Å². The summed E-state index contributed by atoms with van der Waals surface area (Å²) in [6.45, 7) is 1.66. The minimum atomic E-state index is -0.460. The van der Waals surface area contributed by atoms with Crippen LogP contribution in [-0.2, 0) is 0 Å². The van der Waals surface area contributed by atoms with Crippen molar-refractivity contribution in [2.24, 2.45) is 0 Å². The zero-order chi connectivity index (χ0) is 13.4. The van der Waals surface area contributed by atoms with E-state index in [0.717, 1.165) is 5.39 Å². The van der Waals surface area contributed by atoms with Crippen LogP contribution in [0.25, 0.3) is 11.0 Å². The van der Waals surface area contributed by atoms with Gasteiger partial charge < -0.3 is 14.7 Å². The van der Waals surface area contributed by atoms with Gasteiger partial charge in [-0.2, -0.15) is 4.98 Å². The largest absolute Gasteiger partial charge is 0.451 e. The maximum Gasteiger partial charge on any atom is 0.328 e. The fourth-order valence-electron chi connectivity index (χ4n) is 1.68. The summed E-state index contributed by atoms with van der Waals surface area (Å²) in [6, 6.07) is 6.77. The number of amides is 1. The second-order valence-corrected chi connectivity index (χ2v) is 4.01. The van der Waals surface area contributed by atoms with E-state index in [2.05, 4.69) is 15.5 Å². The number of nitrogens with zero attached hydrogens (tertiary/aromatic N) is 2. The van der Waals surface area contributed by atoms with Crippen molar-refractivity contribution in [3.8, 4) is 0 Å². The smallest absolute Gasteiger partial charge is 0.328 e. The second kappa shape index (κ2) is 4.13. The number of benzene rings is 1. The van der Waals surface area contributed by atoms with Crippen molar-refractivity contribution in [1.82, 2.24) is 10.1 Å². The Hall–Kier alpha value is -2.83. The van der Waals surface area contributed by atoms with E-state index in [0.29, 0.717) is 17.1 Å². The molecule has 0 aliphatic heterocycles. The second-order valence-electron chi connectivity index (χ2n) is 4.01. The number of aromatic nitrogens is 2. The molecule has 7 heteroatoms. The standard InChI is InChI=1S/C12H10N4O3/c1-6-14-12(19-16-6)15-11(17)10-5-7-4-8(13)2-3-9(7)18-10/h2-5H,13H2,1H3,(H,14,15,16,17). The number of anilines is 2. The van der Waals surface area contributed by atoms with Gasteiger partial charge in [-0.3, -0.25) is 10.1 Å². The minimum absolute atomic E-state index is 0.0301. The van der Waals surface area contributed by atoms with Gasteiger partial charge in [-0.25, -0.2) is 0 Å². The molecule has 0 aliphatic rings. The minimum Gasteiger partial charge on any atom is -0.451 e. The van der Waals surface area contributed by atoms with Crippen LogP contribution in [0, 0.1) is 6.92 Å². The number of carbonyl (C=O) groups excluding carboxylic acids is 1. The summed E-state index contributed by atoms with van der Waals surface area (Å²) in [5, 5.41) is 6.78. The molecule has 7 nitrogen and oxygen atoms in total. The lowest BCUT2D eigenvalue weighted by Crippen LogP contribution is -2.10. The summed E-state index contributed by atoms with van der Waals surface area (Å²) in [7, 11) is 0.